The standard InChI is InChI=1S/C6H8O2.Al.3H/c1-3-6(8)4-5(2)7;;;;/h3H,1,4H2,2H3;;;;. The highest BCUT2D eigenvalue weighted by molar-refractivity contribution is 6.03. The molecule has 3 heteroatoms. The van der Waals surface area contributed by atoms with Crippen LogP contribution in [0.5, 0.6) is 0 Å². The van der Waals surface area contributed by atoms with Crippen molar-refractivity contribution in [1.82, 2.24) is 0 Å². The summed E-state index contributed by atoms with van der Waals surface area (Å²) in [4.78, 5) is 20.4. The summed E-state index contributed by atoms with van der Waals surface area (Å²) in [6.07, 6.45) is 1.14. The zero-order chi connectivity index (χ0) is 6.57. The van der Waals surface area contributed by atoms with Gasteiger partial charge >= 0.3 is 0 Å². The van der Waals surface area contributed by atoms with Crippen molar-refractivity contribution >= 4 is 28.9 Å². The predicted octanol–water partition coefficient (Wildman–Crippen LogP) is -0.463. The van der Waals surface area contributed by atoms with E-state index in [0.717, 1.165) is 6.08 Å². The fraction of sp³-hybridized carbons (Fsp3) is 0.333. The minimum absolute atomic E-state index is 0. The number of rotatable bonds is 3. The van der Waals surface area contributed by atoms with Crippen molar-refractivity contribution in [1.29, 1.82) is 0 Å². The van der Waals surface area contributed by atoms with Crippen molar-refractivity contribution in [2.75, 3.05) is 0 Å². The Morgan fingerprint density at radius 3 is 2.11 bits per heavy atom. The van der Waals surface area contributed by atoms with Crippen LogP contribution in [0.2, 0.25) is 0 Å². The van der Waals surface area contributed by atoms with E-state index in [2.05, 4.69) is 6.58 Å². The van der Waals surface area contributed by atoms with Crippen LogP contribution in [0.3, 0.4) is 0 Å². The Labute approximate surface area is 65.1 Å². The molecule has 0 rings (SSSR count). The molecule has 50 valence electrons. The molecule has 0 aliphatic rings. The maximum absolute atomic E-state index is 10.3. The van der Waals surface area contributed by atoms with Crippen molar-refractivity contribution in [3.63, 3.8) is 0 Å². The third kappa shape index (κ3) is 7.61. The van der Waals surface area contributed by atoms with Gasteiger partial charge in [0.25, 0.3) is 0 Å². The van der Waals surface area contributed by atoms with Crippen LogP contribution in [0.15, 0.2) is 12.7 Å². The summed E-state index contributed by atoms with van der Waals surface area (Å²) in [6, 6.07) is 0. The second kappa shape index (κ2) is 5.74. The fourth-order valence-electron chi connectivity index (χ4n) is 0.318. The van der Waals surface area contributed by atoms with Crippen molar-refractivity contribution in [2.24, 2.45) is 0 Å². The summed E-state index contributed by atoms with van der Waals surface area (Å²) in [7, 11) is 0. The van der Waals surface area contributed by atoms with Gasteiger partial charge in [0.1, 0.15) is 5.78 Å². The molecule has 0 aliphatic carbocycles. The average molecular weight is 142 g/mol. The van der Waals surface area contributed by atoms with Gasteiger partial charge < -0.3 is 0 Å². The van der Waals surface area contributed by atoms with Crippen molar-refractivity contribution in [2.45, 2.75) is 13.3 Å². The number of hydrogen-bond acceptors (Lipinski definition) is 2. The Hall–Kier alpha value is -0.388. The molecule has 0 unspecified atom stereocenters. The SMILES string of the molecule is C=CC(=O)CC(C)=O.[AlH3]. The molecular formula is C6H11AlO2. The second-order valence-corrected chi connectivity index (χ2v) is 1.55. The zero-order valence-electron chi connectivity index (χ0n) is 4.81. The Kier molecular flexibility index (Phi) is 7.28. The normalized spacial score (nSPS) is 7.22. The smallest absolute Gasteiger partial charge is 0.187 e. The fourth-order valence-corrected chi connectivity index (χ4v) is 0.318. The van der Waals surface area contributed by atoms with E-state index in [1.165, 1.54) is 6.92 Å². The molecule has 0 fully saturated rings. The molecule has 0 atom stereocenters. The molecule has 0 heterocycles. The molecule has 9 heavy (non-hydrogen) atoms. The Bertz CT molecular complexity index is 129. The molecule has 0 saturated heterocycles. The van der Waals surface area contributed by atoms with Gasteiger partial charge in [-0.05, 0) is 13.0 Å². The Morgan fingerprint density at radius 2 is 2.00 bits per heavy atom. The maximum Gasteiger partial charge on any atom is 0.187 e. The maximum atomic E-state index is 10.3. The quantitative estimate of drug-likeness (QED) is 0.303. The number of Topliss-reactive ketones (excluding diaryl/α,β-unsaturated/α-hetero) is 1. The third-order valence-electron chi connectivity index (χ3n) is 0.651. The first-order valence-electron chi connectivity index (χ1n) is 2.31. The van der Waals surface area contributed by atoms with Crippen molar-refractivity contribution < 1.29 is 9.59 Å². The first-order chi connectivity index (χ1) is 3.66. The molecule has 2 nitrogen and oxygen atoms in total. The highest BCUT2D eigenvalue weighted by Gasteiger charge is 1.97. The van der Waals surface area contributed by atoms with Gasteiger partial charge in [-0.25, -0.2) is 0 Å². The van der Waals surface area contributed by atoms with E-state index >= 15 is 0 Å². The monoisotopic (exact) mass is 142 g/mol. The van der Waals surface area contributed by atoms with Gasteiger partial charge in [-0.3, -0.25) is 9.59 Å². The van der Waals surface area contributed by atoms with Crippen molar-refractivity contribution in [3.8, 4) is 0 Å². The number of ketones is 2. The third-order valence-corrected chi connectivity index (χ3v) is 0.651. The van der Waals surface area contributed by atoms with E-state index in [1.807, 2.05) is 0 Å². The number of allylic oxidation sites excluding steroid dienone is 1. The largest absolute Gasteiger partial charge is 0.300 e. The molecule has 0 radical (unpaired) electrons. The molecule has 0 aliphatic heterocycles. The molecule has 0 spiro atoms. The summed E-state index contributed by atoms with van der Waals surface area (Å²) in [5, 5.41) is 0. The lowest BCUT2D eigenvalue weighted by Crippen LogP contribution is -1.99. The summed E-state index contributed by atoms with van der Waals surface area (Å²) < 4.78 is 0. The van der Waals surface area contributed by atoms with Gasteiger partial charge in [-0.15, -0.1) is 0 Å². The Morgan fingerprint density at radius 1 is 1.56 bits per heavy atom. The van der Waals surface area contributed by atoms with Crippen LogP contribution in [0, 0.1) is 0 Å². The molecule has 0 aromatic rings. The van der Waals surface area contributed by atoms with Gasteiger partial charge in [-0.1, -0.05) is 6.58 Å². The lowest BCUT2D eigenvalue weighted by Gasteiger charge is -1.83. The topological polar surface area (TPSA) is 34.1 Å². The molecule has 0 aromatic carbocycles. The highest BCUT2D eigenvalue weighted by Crippen LogP contribution is 1.83. The van der Waals surface area contributed by atoms with Crippen LogP contribution < -0.4 is 0 Å². The summed E-state index contributed by atoms with van der Waals surface area (Å²) in [6.45, 7) is 4.59. The second-order valence-electron chi connectivity index (χ2n) is 1.55. The van der Waals surface area contributed by atoms with E-state index in [9.17, 15) is 9.59 Å². The number of carbonyl (C=O) groups is 2. The van der Waals surface area contributed by atoms with Crippen LogP contribution in [0.25, 0.3) is 0 Å². The van der Waals surface area contributed by atoms with Gasteiger partial charge in [-0.2, -0.15) is 0 Å². The minimum atomic E-state index is -0.211. The van der Waals surface area contributed by atoms with Gasteiger partial charge in [0.2, 0.25) is 0 Å². The molecule has 0 amide bonds. The van der Waals surface area contributed by atoms with E-state index in [1.54, 1.807) is 0 Å². The Balaban J connectivity index is 0. The van der Waals surface area contributed by atoms with E-state index in [4.69, 9.17) is 0 Å². The summed E-state index contributed by atoms with van der Waals surface area (Å²) >= 11 is 0. The first-order valence-corrected chi connectivity index (χ1v) is 2.31. The molecule has 0 bridgehead atoms. The highest BCUT2D eigenvalue weighted by atomic mass is 27.0. The van der Waals surface area contributed by atoms with E-state index in [-0.39, 0.29) is 35.3 Å². The van der Waals surface area contributed by atoms with Gasteiger partial charge in [0, 0.05) is 0 Å². The number of carbonyl (C=O) groups excluding carboxylic acids is 2. The molecule has 0 aromatic heterocycles. The summed E-state index contributed by atoms with van der Waals surface area (Å²) in [5.41, 5.74) is 0. The van der Waals surface area contributed by atoms with Crippen LogP contribution >= 0.6 is 0 Å². The van der Waals surface area contributed by atoms with E-state index < -0.39 is 0 Å². The predicted molar refractivity (Wildman–Crippen MR) is 40.4 cm³/mol. The minimum Gasteiger partial charge on any atom is -0.300 e. The van der Waals surface area contributed by atoms with Crippen LogP contribution in [0.1, 0.15) is 13.3 Å². The molecular weight excluding hydrogens is 131 g/mol. The lowest BCUT2D eigenvalue weighted by atomic mass is 10.2. The summed E-state index contributed by atoms with van der Waals surface area (Å²) in [5.74, 6) is -0.326. The van der Waals surface area contributed by atoms with Gasteiger partial charge in [0.15, 0.2) is 23.1 Å². The molecule has 0 saturated carbocycles. The average Bonchev–Trinajstić information content (AvgIpc) is 1.65. The zero-order valence-corrected chi connectivity index (χ0v) is 4.81. The first kappa shape index (κ1) is 11.4. The van der Waals surface area contributed by atoms with E-state index in [0.29, 0.717) is 0 Å². The van der Waals surface area contributed by atoms with Gasteiger partial charge in [0.05, 0.1) is 6.42 Å². The van der Waals surface area contributed by atoms with Crippen LogP contribution in [-0.4, -0.2) is 28.9 Å². The lowest BCUT2D eigenvalue weighted by molar-refractivity contribution is -0.123. The van der Waals surface area contributed by atoms with Crippen LogP contribution in [0.4, 0.5) is 0 Å². The van der Waals surface area contributed by atoms with Crippen molar-refractivity contribution in [3.05, 3.63) is 12.7 Å². The number of hydrogen-bond donors (Lipinski definition) is 0. The molecule has 0 N–H and O–H groups in total. The van der Waals surface area contributed by atoms with Crippen LogP contribution in [-0.2, 0) is 9.59 Å².